The Morgan fingerprint density at radius 1 is 1.15 bits per heavy atom. The minimum atomic E-state index is -0.441. The SMILES string of the molecule is CCCNC(=O)NC(=O)CNc1ccccc1CN(C)C1CCCCC1. The third-order valence-electron chi connectivity index (χ3n) is 4.86. The zero-order valence-corrected chi connectivity index (χ0v) is 16.0. The number of nitrogens with zero attached hydrogens (tertiary/aromatic N) is 1. The summed E-state index contributed by atoms with van der Waals surface area (Å²) in [7, 11) is 2.18. The van der Waals surface area contributed by atoms with Crippen LogP contribution in [0.2, 0.25) is 0 Å². The third kappa shape index (κ3) is 6.67. The van der Waals surface area contributed by atoms with Crippen LogP contribution in [0, 0.1) is 0 Å². The molecule has 144 valence electrons. The summed E-state index contributed by atoms with van der Waals surface area (Å²) in [6.07, 6.45) is 7.35. The number of carbonyl (C=O) groups is 2. The van der Waals surface area contributed by atoms with E-state index in [0.717, 1.165) is 18.7 Å². The number of benzene rings is 1. The van der Waals surface area contributed by atoms with E-state index in [4.69, 9.17) is 0 Å². The maximum atomic E-state index is 11.9. The second-order valence-electron chi connectivity index (χ2n) is 7.02. The standard InChI is InChI=1S/C20H32N4O2/c1-3-13-21-20(26)23-19(25)14-22-18-12-8-7-9-16(18)15-24(2)17-10-5-4-6-11-17/h7-9,12,17,22H,3-6,10-11,13-15H2,1-2H3,(H2,21,23,25,26). The fraction of sp³-hybridized carbons (Fsp3) is 0.600. The number of anilines is 1. The Labute approximate surface area is 156 Å². The Hall–Kier alpha value is -2.08. The van der Waals surface area contributed by atoms with Crippen LogP contribution in [0.3, 0.4) is 0 Å². The van der Waals surface area contributed by atoms with Gasteiger partial charge >= 0.3 is 6.03 Å². The van der Waals surface area contributed by atoms with Gasteiger partial charge in [0.15, 0.2) is 0 Å². The molecule has 1 aromatic carbocycles. The van der Waals surface area contributed by atoms with Gasteiger partial charge in [-0.25, -0.2) is 4.79 Å². The normalized spacial score (nSPS) is 14.9. The van der Waals surface area contributed by atoms with E-state index in [0.29, 0.717) is 12.6 Å². The summed E-state index contributed by atoms with van der Waals surface area (Å²) >= 11 is 0. The molecule has 6 heteroatoms. The Bertz CT molecular complexity index is 585. The lowest BCUT2D eigenvalue weighted by Crippen LogP contribution is -2.42. The maximum absolute atomic E-state index is 11.9. The lowest BCUT2D eigenvalue weighted by molar-refractivity contribution is -0.118. The second-order valence-corrected chi connectivity index (χ2v) is 7.02. The molecule has 0 radical (unpaired) electrons. The quantitative estimate of drug-likeness (QED) is 0.666. The largest absolute Gasteiger partial charge is 0.376 e. The van der Waals surface area contributed by atoms with Crippen molar-refractivity contribution in [2.45, 2.75) is 58.0 Å². The number of amides is 3. The van der Waals surface area contributed by atoms with Gasteiger partial charge in [0.25, 0.3) is 0 Å². The van der Waals surface area contributed by atoms with Crippen LogP contribution in [0.5, 0.6) is 0 Å². The molecule has 1 aromatic rings. The van der Waals surface area contributed by atoms with E-state index < -0.39 is 6.03 Å². The number of carbonyl (C=O) groups excluding carboxylic acids is 2. The highest BCUT2D eigenvalue weighted by molar-refractivity contribution is 5.96. The average molecular weight is 361 g/mol. The Morgan fingerprint density at radius 2 is 1.88 bits per heavy atom. The molecule has 1 saturated carbocycles. The number of para-hydroxylation sites is 1. The molecular formula is C20H32N4O2. The fourth-order valence-electron chi connectivity index (χ4n) is 3.38. The topological polar surface area (TPSA) is 73.5 Å². The van der Waals surface area contributed by atoms with Gasteiger partial charge in [0.2, 0.25) is 5.91 Å². The van der Waals surface area contributed by atoms with Crippen molar-refractivity contribution in [2.75, 3.05) is 25.5 Å². The van der Waals surface area contributed by atoms with Crippen LogP contribution in [-0.2, 0) is 11.3 Å². The van der Waals surface area contributed by atoms with Gasteiger partial charge < -0.3 is 10.6 Å². The Kier molecular flexibility index (Phi) is 8.41. The average Bonchev–Trinajstić information content (AvgIpc) is 2.66. The highest BCUT2D eigenvalue weighted by Gasteiger charge is 2.19. The first-order chi connectivity index (χ1) is 12.6. The molecule has 3 amide bonds. The molecule has 6 nitrogen and oxygen atoms in total. The van der Waals surface area contributed by atoms with Crippen molar-refractivity contribution in [3.8, 4) is 0 Å². The summed E-state index contributed by atoms with van der Waals surface area (Å²) in [6, 6.07) is 8.25. The van der Waals surface area contributed by atoms with E-state index in [9.17, 15) is 9.59 Å². The predicted octanol–water partition coefficient (Wildman–Crippen LogP) is 3.10. The molecule has 1 fully saturated rings. The van der Waals surface area contributed by atoms with E-state index in [1.807, 2.05) is 25.1 Å². The lowest BCUT2D eigenvalue weighted by Gasteiger charge is -2.31. The van der Waals surface area contributed by atoms with E-state index in [2.05, 4.69) is 34.0 Å². The monoisotopic (exact) mass is 360 g/mol. The number of nitrogens with one attached hydrogen (secondary N) is 3. The molecular weight excluding hydrogens is 328 g/mol. The maximum Gasteiger partial charge on any atom is 0.321 e. The summed E-state index contributed by atoms with van der Waals surface area (Å²) in [5.74, 6) is -0.339. The molecule has 26 heavy (non-hydrogen) atoms. The Morgan fingerprint density at radius 3 is 2.62 bits per heavy atom. The molecule has 0 spiro atoms. The highest BCUT2D eigenvalue weighted by Crippen LogP contribution is 2.24. The molecule has 0 aromatic heterocycles. The summed E-state index contributed by atoms with van der Waals surface area (Å²) in [4.78, 5) is 25.9. The summed E-state index contributed by atoms with van der Waals surface area (Å²) in [5, 5.41) is 8.13. The van der Waals surface area contributed by atoms with Crippen LogP contribution in [0.15, 0.2) is 24.3 Å². The van der Waals surface area contributed by atoms with Gasteiger partial charge in [-0.05, 0) is 37.9 Å². The van der Waals surface area contributed by atoms with E-state index in [1.165, 1.54) is 37.7 Å². The van der Waals surface area contributed by atoms with Gasteiger partial charge in [0, 0.05) is 24.8 Å². The van der Waals surface area contributed by atoms with Crippen LogP contribution in [0.4, 0.5) is 10.5 Å². The van der Waals surface area contributed by atoms with Crippen molar-refractivity contribution < 1.29 is 9.59 Å². The zero-order chi connectivity index (χ0) is 18.8. The van der Waals surface area contributed by atoms with Crippen molar-refractivity contribution in [1.29, 1.82) is 0 Å². The van der Waals surface area contributed by atoms with Crippen molar-refractivity contribution in [3.05, 3.63) is 29.8 Å². The molecule has 2 rings (SSSR count). The van der Waals surface area contributed by atoms with Crippen LogP contribution < -0.4 is 16.0 Å². The summed E-state index contributed by atoms with van der Waals surface area (Å²) in [5.41, 5.74) is 2.11. The first kappa shape index (κ1) is 20.2. The number of hydrogen-bond donors (Lipinski definition) is 3. The van der Waals surface area contributed by atoms with Gasteiger partial charge in [-0.2, -0.15) is 0 Å². The van der Waals surface area contributed by atoms with Crippen molar-refractivity contribution in [2.24, 2.45) is 0 Å². The van der Waals surface area contributed by atoms with Crippen LogP contribution in [0.1, 0.15) is 51.0 Å². The number of hydrogen-bond acceptors (Lipinski definition) is 4. The molecule has 0 bridgehead atoms. The highest BCUT2D eigenvalue weighted by atomic mass is 16.2. The van der Waals surface area contributed by atoms with Crippen LogP contribution >= 0.6 is 0 Å². The minimum Gasteiger partial charge on any atom is -0.376 e. The molecule has 0 heterocycles. The molecule has 0 unspecified atom stereocenters. The van der Waals surface area contributed by atoms with Gasteiger partial charge in [-0.3, -0.25) is 15.0 Å². The third-order valence-corrected chi connectivity index (χ3v) is 4.86. The number of imide groups is 1. The van der Waals surface area contributed by atoms with Gasteiger partial charge in [-0.15, -0.1) is 0 Å². The molecule has 0 aliphatic heterocycles. The van der Waals surface area contributed by atoms with E-state index in [-0.39, 0.29) is 12.5 Å². The summed E-state index contributed by atoms with van der Waals surface area (Å²) < 4.78 is 0. The fourth-order valence-corrected chi connectivity index (χ4v) is 3.38. The first-order valence-electron chi connectivity index (χ1n) is 9.70. The number of urea groups is 1. The zero-order valence-electron chi connectivity index (χ0n) is 16.0. The molecule has 0 atom stereocenters. The van der Waals surface area contributed by atoms with Crippen molar-refractivity contribution in [3.63, 3.8) is 0 Å². The second kappa shape index (κ2) is 10.8. The van der Waals surface area contributed by atoms with Gasteiger partial charge in [0.1, 0.15) is 0 Å². The molecule has 1 aliphatic rings. The Balaban J connectivity index is 1.85. The number of rotatable bonds is 8. The molecule has 1 aliphatic carbocycles. The van der Waals surface area contributed by atoms with Gasteiger partial charge in [0.05, 0.1) is 6.54 Å². The van der Waals surface area contributed by atoms with E-state index >= 15 is 0 Å². The van der Waals surface area contributed by atoms with Crippen LogP contribution in [-0.4, -0.2) is 43.0 Å². The summed E-state index contributed by atoms with van der Waals surface area (Å²) in [6.45, 7) is 3.45. The van der Waals surface area contributed by atoms with Crippen LogP contribution in [0.25, 0.3) is 0 Å². The van der Waals surface area contributed by atoms with Gasteiger partial charge in [-0.1, -0.05) is 44.4 Å². The predicted molar refractivity (Wildman–Crippen MR) is 105 cm³/mol. The van der Waals surface area contributed by atoms with Crippen molar-refractivity contribution >= 4 is 17.6 Å². The van der Waals surface area contributed by atoms with Crippen molar-refractivity contribution in [1.82, 2.24) is 15.5 Å². The smallest absolute Gasteiger partial charge is 0.321 e. The molecule has 0 saturated heterocycles. The minimum absolute atomic E-state index is 0.0731. The lowest BCUT2D eigenvalue weighted by atomic mass is 9.94. The first-order valence-corrected chi connectivity index (χ1v) is 9.70. The molecule has 3 N–H and O–H groups in total. The van der Waals surface area contributed by atoms with E-state index in [1.54, 1.807) is 0 Å².